The second kappa shape index (κ2) is 13.6. The summed E-state index contributed by atoms with van der Waals surface area (Å²) in [6, 6.07) is 18.1. The summed E-state index contributed by atoms with van der Waals surface area (Å²) < 4.78 is 28.6. The maximum Gasteiger partial charge on any atom is 0.203 e. The van der Waals surface area contributed by atoms with Crippen molar-refractivity contribution < 1.29 is 23.7 Å². The van der Waals surface area contributed by atoms with Crippen LogP contribution >= 0.6 is 23.5 Å². The van der Waals surface area contributed by atoms with Gasteiger partial charge in [0, 0.05) is 28.2 Å². The predicted octanol–water partition coefficient (Wildman–Crippen LogP) is 7.11. The molecule has 1 N–H and O–H groups in total. The highest BCUT2D eigenvalue weighted by Crippen LogP contribution is 2.55. The molecule has 0 spiro atoms. The Labute approximate surface area is 239 Å². The van der Waals surface area contributed by atoms with Gasteiger partial charge in [0.1, 0.15) is 0 Å². The second-order valence-electron chi connectivity index (χ2n) is 8.83. The fourth-order valence-corrected chi connectivity index (χ4v) is 6.90. The van der Waals surface area contributed by atoms with Crippen LogP contribution in [0.4, 0.5) is 5.69 Å². The van der Waals surface area contributed by atoms with Crippen LogP contribution in [0.5, 0.6) is 28.7 Å². The zero-order chi connectivity index (χ0) is 27.8. The van der Waals surface area contributed by atoms with Crippen molar-refractivity contribution in [2.75, 3.05) is 53.2 Å². The van der Waals surface area contributed by atoms with Crippen molar-refractivity contribution in [1.82, 2.24) is 0 Å². The van der Waals surface area contributed by atoms with E-state index >= 15 is 0 Å². The number of nitriles is 1. The van der Waals surface area contributed by atoms with Gasteiger partial charge in [-0.2, -0.15) is 5.26 Å². The number of nitrogens with zero attached hydrogens (tertiary/aromatic N) is 1. The molecule has 7 nitrogen and oxygen atoms in total. The van der Waals surface area contributed by atoms with E-state index in [-0.39, 0.29) is 0 Å². The molecule has 1 aliphatic rings. The Morgan fingerprint density at radius 1 is 0.846 bits per heavy atom. The molecule has 39 heavy (non-hydrogen) atoms. The van der Waals surface area contributed by atoms with Crippen LogP contribution < -0.4 is 29.0 Å². The van der Waals surface area contributed by atoms with Gasteiger partial charge >= 0.3 is 0 Å². The Hall–Kier alpha value is -3.35. The van der Waals surface area contributed by atoms with Crippen LogP contribution in [0, 0.1) is 11.3 Å². The lowest BCUT2D eigenvalue weighted by molar-refractivity contribution is 0.315. The molecular weight excluding hydrogens is 532 g/mol. The first kappa shape index (κ1) is 28.7. The minimum Gasteiger partial charge on any atom is -0.493 e. The van der Waals surface area contributed by atoms with Crippen LogP contribution in [0.15, 0.2) is 53.4 Å². The Kier molecular flexibility index (Phi) is 10.0. The van der Waals surface area contributed by atoms with Gasteiger partial charge in [-0.1, -0.05) is 0 Å². The normalized spacial score (nSPS) is 16.3. The zero-order valence-corrected chi connectivity index (χ0v) is 24.5. The smallest absolute Gasteiger partial charge is 0.203 e. The number of nitrogens with one attached hydrogen (secondary N) is 1. The van der Waals surface area contributed by atoms with Crippen molar-refractivity contribution in [1.29, 1.82) is 5.26 Å². The van der Waals surface area contributed by atoms with E-state index in [4.69, 9.17) is 28.9 Å². The first-order valence-electron chi connectivity index (χ1n) is 12.7. The van der Waals surface area contributed by atoms with E-state index in [1.165, 1.54) is 5.56 Å². The standard InChI is InChI=1S/C30H34N2O5S2/c1-32-23-14-20(15-24(33-2)29(23)37-12-13-38-22-8-6-19(18-31)7-9-22)27-10-11-28(39-27)21-16-25(34-3)30(36-5)26(17-21)35-4/h6-9,14-17,27-28,32H,10-13H2,1-5H3. The Morgan fingerprint density at radius 2 is 1.41 bits per heavy atom. The Bertz CT molecular complexity index is 1260. The number of hydrogen-bond acceptors (Lipinski definition) is 9. The van der Waals surface area contributed by atoms with Gasteiger partial charge in [0.15, 0.2) is 23.0 Å². The molecule has 1 heterocycles. The fraction of sp³-hybridized carbons (Fsp3) is 0.367. The van der Waals surface area contributed by atoms with Crippen molar-refractivity contribution in [2.24, 2.45) is 0 Å². The van der Waals surface area contributed by atoms with Crippen molar-refractivity contribution in [3.8, 4) is 34.8 Å². The zero-order valence-electron chi connectivity index (χ0n) is 22.9. The average Bonchev–Trinajstić information content (AvgIpc) is 3.49. The van der Waals surface area contributed by atoms with E-state index in [2.05, 4.69) is 23.5 Å². The minimum absolute atomic E-state index is 0.308. The largest absolute Gasteiger partial charge is 0.493 e. The molecule has 206 valence electrons. The lowest BCUT2D eigenvalue weighted by Gasteiger charge is -2.20. The molecule has 4 rings (SSSR count). The van der Waals surface area contributed by atoms with Crippen LogP contribution in [-0.2, 0) is 0 Å². The summed E-state index contributed by atoms with van der Waals surface area (Å²) in [6.07, 6.45) is 2.08. The molecule has 0 saturated carbocycles. The van der Waals surface area contributed by atoms with Crippen molar-refractivity contribution in [3.05, 3.63) is 65.2 Å². The summed E-state index contributed by atoms with van der Waals surface area (Å²) in [5, 5.41) is 12.9. The van der Waals surface area contributed by atoms with E-state index < -0.39 is 0 Å². The molecular formula is C30H34N2O5S2. The van der Waals surface area contributed by atoms with Crippen LogP contribution in [0.1, 0.15) is 40.0 Å². The molecule has 1 aliphatic heterocycles. The van der Waals surface area contributed by atoms with Gasteiger partial charge in [0.2, 0.25) is 5.75 Å². The molecule has 3 aromatic carbocycles. The van der Waals surface area contributed by atoms with Crippen LogP contribution in [-0.4, -0.2) is 47.8 Å². The summed E-state index contributed by atoms with van der Waals surface area (Å²) in [5.41, 5.74) is 3.94. The van der Waals surface area contributed by atoms with Gasteiger partial charge in [-0.25, -0.2) is 0 Å². The molecule has 0 bridgehead atoms. The van der Waals surface area contributed by atoms with Gasteiger partial charge in [-0.05, 0) is 72.5 Å². The number of rotatable bonds is 12. The van der Waals surface area contributed by atoms with Gasteiger partial charge in [0.25, 0.3) is 0 Å². The Morgan fingerprint density at radius 3 is 1.92 bits per heavy atom. The van der Waals surface area contributed by atoms with Gasteiger partial charge in [-0.3, -0.25) is 0 Å². The van der Waals surface area contributed by atoms with E-state index in [1.807, 2.05) is 55.2 Å². The number of ether oxygens (including phenoxy) is 5. The highest BCUT2D eigenvalue weighted by atomic mass is 32.2. The monoisotopic (exact) mass is 566 g/mol. The summed E-state index contributed by atoms with van der Waals surface area (Å²) in [6.45, 7) is 0.524. The lowest BCUT2D eigenvalue weighted by atomic mass is 10.0. The minimum atomic E-state index is 0.308. The first-order valence-corrected chi connectivity index (χ1v) is 14.6. The predicted molar refractivity (Wildman–Crippen MR) is 158 cm³/mol. The highest BCUT2D eigenvalue weighted by Gasteiger charge is 2.30. The third kappa shape index (κ3) is 6.63. The third-order valence-electron chi connectivity index (χ3n) is 6.60. The van der Waals surface area contributed by atoms with E-state index in [0.29, 0.717) is 45.7 Å². The van der Waals surface area contributed by atoms with E-state index in [0.717, 1.165) is 40.5 Å². The van der Waals surface area contributed by atoms with Crippen molar-refractivity contribution in [3.63, 3.8) is 0 Å². The second-order valence-corrected chi connectivity index (χ2v) is 11.4. The van der Waals surface area contributed by atoms with Crippen LogP contribution in [0.3, 0.4) is 0 Å². The average molecular weight is 567 g/mol. The number of hydrogen-bond donors (Lipinski definition) is 1. The lowest BCUT2D eigenvalue weighted by Crippen LogP contribution is -2.06. The quantitative estimate of drug-likeness (QED) is 0.182. The van der Waals surface area contributed by atoms with Gasteiger partial charge in [0.05, 0.1) is 52.4 Å². The van der Waals surface area contributed by atoms with Crippen LogP contribution in [0.2, 0.25) is 0 Å². The third-order valence-corrected chi connectivity index (χ3v) is 9.25. The molecule has 9 heteroatoms. The van der Waals surface area contributed by atoms with Crippen molar-refractivity contribution in [2.45, 2.75) is 28.2 Å². The fourth-order valence-electron chi connectivity index (χ4n) is 4.64. The molecule has 2 atom stereocenters. The molecule has 0 radical (unpaired) electrons. The first-order chi connectivity index (χ1) is 19.0. The van der Waals surface area contributed by atoms with E-state index in [9.17, 15) is 0 Å². The molecule has 3 aromatic rings. The maximum absolute atomic E-state index is 8.97. The summed E-state index contributed by atoms with van der Waals surface area (Å²) in [4.78, 5) is 1.11. The molecule has 0 aromatic heterocycles. The topological polar surface area (TPSA) is 82.0 Å². The van der Waals surface area contributed by atoms with Gasteiger partial charge in [-0.15, -0.1) is 23.5 Å². The molecule has 2 unspecified atom stereocenters. The molecule has 1 fully saturated rings. The maximum atomic E-state index is 8.97. The van der Waals surface area contributed by atoms with Crippen LogP contribution in [0.25, 0.3) is 0 Å². The van der Waals surface area contributed by atoms with Gasteiger partial charge < -0.3 is 29.0 Å². The summed E-state index contributed by atoms with van der Waals surface area (Å²) in [5.74, 6) is 4.17. The highest BCUT2D eigenvalue weighted by molar-refractivity contribution is 8.00. The number of anilines is 1. The number of thioether (sulfide) groups is 2. The SMILES string of the molecule is CNc1cc(C2CCC(c3cc(OC)c(OC)c(OC)c3)S2)cc(OC)c1OCCSc1ccc(C#N)cc1. The van der Waals surface area contributed by atoms with Crippen molar-refractivity contribution >= 4 is 29.2 Å². The molecule has 0 amide bonds. The number of methoxy groups -OCH3 is 4. The molecule has 1 saturated heterocycles. The molecule has 0 aliphatic carbocycles. The summed E-state index contributed by atoms with van der Waals surface area (Å²) in [7, 11) is 8.49. The number of benzene rings is 3. The Balaban J connectivity index is 1.45. The summed E-state index contributed by atoms with van der Waals surface area (Å²) >= 11 is 3.63. The van der Waals surface area contributed by atoms with E-state index in [1.54, 1.807) is 40.2 Å².